The van der Waals surface area contributed by atoms with Gasteiger partial charge in [-0.3, -0.25) is 4.79 Å². The maximum Gasteiger partial charge on any atom is 0.339 e. The van der Waals surface area contributed by atoms with Crippen LogP contribution >= 0.6 is 15.9 Å². The average molecular weight is 436 g/mol. The molecule has 2 heterocycles. The van der Waals surface area contributed by atoms with Gasteiger partial charge < -0.3 is 18.8 Å². The highest BCUT2D eigenvalue weighted by molar-refractivity contribution is 9.10. The van der Waals surface area contributed by atoms with Gasteiger partial charge in [-0.05, 0) is 37.1 Å². The van der Waals surface area contributed by atoms with Crippen molar-refractivity contribution in [1.82, 2.24) is 4.90 Å². The van der Waals surface area contributed by atoms with Gasteiger partial charge in [0.1, 0.15) is 23.4 Å². The first-order valence-corrected chi connectivity index (χ1v) is 9.62. The zero-order valence-electron chi connectivity index (χ0n) is 15.4. The summed E-state index contributed by atoms with van der Waals surface area (Å²) in [5, 5.41) is 0. The van der Waals surface area contributed by atoms with E-state index in [1.807, 2.05) is 23.1 Å². The number of aryl methyl sites for hydroxylation is 2. The Kier molecular flexibility index (Phi) is 6.21. The third kappa shape index (κ3) is 5.13. The van der Waals surface area contributed by atoms with Crippen molar-refractivity contribution in [3.8, 4) is 11.5 Å². The summed E-state index contributed by atoms with van der Waals surface area (Å²) in [6.07, 6.45) is 1.65. The molecule has 0 saturated carbocycles. The highest BCUT2D eigenvalue weighted by atomic mass is 79.9. The summed E-state index contributed by atoms with van der Waals surface area (Å²) in [6.45, 7) is 2.88. The third-order valence-corrected chi connectivity index (χ3v) is 5.01. The largest absolute Gasteiger partial charge is 0.496 e. The van der Waals surface area contributed by atoms with Crippen LogP contribution in [0.25, 0.3) is 0 Å². The van der Waals surface area contributed by atoms with Crippen molar-refractivity contribution in [2.24, 2.45) is 0 Å². The molecular formula is C20H22BrNO5. The maximum absolute atomic E-state index is 12.6. The van der Waals surface area contributed by atoms with Crippen molar-refractivity contribution >= 4 is 21.8 Å². The molecule has 0 aliphatic carbocycles. The van der Waals surface area contributed by atoms with E-state index in [2.05, 4.69) is 15.9 Å². The Morgan fingerprint density at radius 2 is 2.15 bits per heavy atom. The van der Waals surface area contributed by atoms with Gasteiger partial charge in [0, 0.05) is 29.9 Å². The lowest BCUT2D eigenvalue weighted by molar-refractivity contribution is -0.130. The summed E-state index contributed by atoms with van der Waals surface area (Å²) in [5.41, 5.74) is 0.567. The van der Waals surface area contributed by atoms with E-state index in [1.54, 1.807) is 20.1 Å². The standard InChI is InChI=1S/C20H22BrNO5/c1-13-9-17(11-20(24)26-13)27-16-7-8-22(12-16)19(23)6-3-14-10-15(21)4-5-18(14)25-2/h4-5,9-11,16H,3,6-8,12H2,1-2H3. The summed E-state index contributed by atoms with van der Waals surface area (Å²) in [5.74, 6) is 1.87. The fourth-order valence-electron chi connectivity index (χ4n) is 3.23. The van der Waals surface area contributed by atoms with Crippen LogP contribution in [0.3, 0.4) is 0 Å². The number of hydrogen-bond donors (Lipinski definition) is 0. The molecule has 0 bridgehead atoms. The Balaban J connectivity index is 1.55. The molecule has 0 spiro atoms. The van der Waals surface area contributed by atoms with Crippen LogP contribution in [0.15, 0.2) is 44.0 Å². The minimum Gasteiger partial charge on any atom is -0.496 e. The van der Waals surface area contributed by atoms with E-state index in [0.717, 1.165) is 22.2 Å². The Labute approximate surface area is 166 Å². The Morgan fingerprint density at radius 1 is 1.33 bits per heavy atom. The molecule has 6 nitrogen and oxygen atoms in total. The minimum atomic E-state index is -0.432. The summed E-state index contributed by atoms with van der Waals surface area (Å²) in [7, 11) is 1.63. The molecule has 0 N–H and O–H groups in total. The van der Waals surface area contributed by atoms with Crippen LogP contribution in [0.2, 0.25) is 0 Å². The lowest BCUT2D eigenvalue weighted by Gasteiger charge is -2.18. The molecule has 0 radical (unpaired) electrons. The predicted molar refractivity (Wildman–Crippen MR) is 104 cm³/mol. The quantitative estimate of drug-likeness (QED) is 0.695. The SMILES string of the molecule is COc1ccc(Br)cc1CCC(=O)N1CCC(Oc2cc(C)oc(=O)c2)C1. The molecule has 2 aromatic rings. The molecule has 1 aliphatic rings. The number of methoxy groups -OCH3 is 1. The number of carbonyl (C=O) groups is 1. The zero-order chi connectivity index (χ0) is 19.4. The molecule has 27 heavy (non-hydrogen) atoms. The predicted octanol–water partition coefficient (Wildman–Crippen LogP) is 3.33. The van der Waals surface area contributed by atoms with Crippen LogP contribution in [0, 0.1) is 6.92 Å². The maximum atomic E-state index is 12.6. The zero-order valence-corrected chi connectivity index (χ0v) is 17.0. The number of likely N-dealkylation sites (tertiary alicyclic amines) is 1. The number of halogens is 1. The lowest BCUT2D eigenvalue weighted by atomic mass is 10.1. The highest BCUT2D eigenvalue weighted by Gasteiger charge is 2.27. The summed E-state index contributed by atoms with van der Waals surface area (Å²) in [6, 6.07) is 8.80. The van der Waals surface area contributed by atoms with E-state index in [0.29, 0.717) is 37.4 Å². The minimum absolute atomic E-state index is 0.0897. The first-order valence-electron chi connectivity index (χ1n) is 8.83. The first kappa shape index (κ1) is 19.5. The van der Waals surface area contributed by atoms with E-state index in [1.165, 1.54) is 6.07 Å². The van der Waals surface area contributed by atoms with Gasteiger partial charge in [-0.2, -0.15) is 0 Å². The Morgan fingerprint density at radius 3 is 2.89 bits per heavy atom. The molecular weight excluding hydrogens is 414 g/mol. The van der Waals surface area contributed by atoms with Crippen LogP contribution in [-0.4, -0.2) is 37.1 Å². The molecule has 1 aliphatic heterocycles. The average Bonchev–Trinajstić information content (AvgIpc) is 3.07. The van der Waals surface area contributed by atoms with Crippen LogP contribution in [0.1, 0.15) is 24.2 Å². The normalized spacial score (nSPS) is 16.4. The topological polar surface area (TPSA) is 69.0 Å². The van der Waals surface area contributed by atoms with E-state index < -0.39 is 5.63 Å². The molecule has 1 unspecified atom stereocenters. The van der Waals surface area contributed by atoms with Crippen molar-refractivity contribution < 1.29 is 18.7 Å². The first-order chi connectivity index (χ1) is 12.9. The fraction of sp³-hybridized carbons (Fsp3) is 0.400. The third-order valence-electron chi connectivity index (χ3n) is 4.52. The van der Waals surface area contributed by atoms with Gasteiger partial charge in [-0.15, -0.1) is 0 Å². The number of ether oxygens (including phenoxy) is 2. The number of amides is 1. The smallest absolute Gasteiger partial charge is 0.339 e. The van der Waals surface area contributed by atoms with Crippen LogP contribution < -0.4 is 15.1 Å². The molecule has 1 fully saturated rings. The molecule has 1 amide bonds. The summed E-state index contributed by atoms with van der Waals surface area (Å²) >= 11 is 3.45. The monoisotopic (exact) mass is 435 g/mol. The van der Waals surface area contributed by atoms with Gasteiger partial charge >= 0.3 is 5.63 Å². The van der Waals surface area contributed by atoms with Gasteiger partial charge in [-0.1, -0.05) is 15.9 Å². The fourth-order valence-corrected chi connectivity index (χ4v) is 3.64. The van der Waals surface area contributed by atoms with E-state index in [-0.39, 0.29) is 12.0 Å². The van der Waals surface area contributed by atoms with Gasteiger partial charge in [0.2, 0.25) is 5.91 Å². The number of rotatable bonds is 6. The van der Waals surface area contributed by atoms with Crippen LogP contribution in [0.4, 0.5) is 0 Å². The number of nitrogens with zero attached hydrogens (tertiary/aromatic N) is 1. The molecule has 1 atom stereocenters. The second kappa shape index (κ2) is 8.61. The van der Waals surface area contributed by atoms with Gasteiger partial charge in [0.25, 0.3) is 0 Å². The highest BCUT2D eigenvalue weighted by Crippen LogP contribution is 2.25. The van der Waals surface area contributed by atoms with E-state index in [4.69, 9.17) is 13.9 Å². The molecule has 1 aromatic carbocycles. The van der Waals surface area contributed by atoms with Crippen molar-refractivity contribution in [2.45, 2.75) is 32.3 Å². The Bertz CT molecular complexity index is 879. The summed E-state index contributed by atoms with van der Waals surface area (Å²) in [4.78, 5) is 25.8. The lowest BCUT2D eigenvalue weighted by Crippen LogP contribution is -2.31. The van der Waals surface area contributed by atoms with Crippen molar-refractivity contribution in [3.05, 3.63) is 56.5 Å². The second-order valence-corrected chi connectivity index (χ2v) is 7.46. The molecule has 1 aromatic heterocycles. The molecule has 144 valence electrons. The van der Waals surface area contributed by atoms with Gasteiger partial charge in [0.15, 0.2) is 0 Å². The molecule has 3 rings (SSSR count). The summed E-state index contributed by atoms with van der Waals surface area (Å²) < 4.78 is 17.1. The van der Waals surface area contributed by atoms with E-state index >= 15 is 0 Å². The second-order valence-electron chi connectivity index (χ2n) is 6.55. The van der Waals surface area contributed by atoms with Crippen molar-refractivity contribution in [3.63, 3.8) is 0 Å². The van der Waals surface area contributed by atoms with Gasteiger partial charge in [-0.25, -0.2) is 4.79 Å². The van der Waals surface area contributed by atoms with Crippen molar-refractivity contribution in [1.29, 1.82) is 0 Å². The Hall–Kier alpha value is -2.28. The van der Waals surface area contributed by atoms with Crippen molar-refractivity contribution in [2.75, 3.05) is 20.2 Å². The van der Waals surface area contributed by atoms with E-state index in [9.17, 15) is 9.59 Å². The number of hydrogen-bond acceptors (Lipinski definition) is 5. The number of benzene rings is 1. The van der Waals surface area contributed by atoms with Crippen LogP contribution in [0.5, 0.6) is 11.5 Å². The number of carbonyl (C=O) groups excluding carboxylic acids is 1. The molecule has 1 saturated heterocycles. The van der Waals surface area contributed by atoms with Crippen LogP contribution in [-0.2, 0) is 11.2 Å². The van der Waals surface area contributed by atoms with Gasteiger partial charge in [0.05, 0.1) is 19.7 Å². The molecule has 7 heteroatoms.